The number of para-hydroxylation sites is 1. The Hall–Kier alpha value is -1.28. The molecule has 2 N–H and O–H groups in total. The molecule has 0 saturated carbocycles. The highest BCUT2D eigenvalue weighted by Gasteiger charge is 2.13. The third kappa shape index (κ3) is 2.09. The molecule has 0 aliphatic heterocycles. The van der Waals surface area contributed by atoms with Gasteiger partial charge in [-0.25, -0.2) is 0 Å². The SMILES string of the molecule is Cc1cccc2c(CCC(C)N)c(C)n(C)c12. The van der Waals surface area contributed by atoms with Crippen LogP contribution in [-0.2, 0) is 13.5 Å². The molecule has 2 aromatic rings. The Morgan fingerprint density at radius 3 is 2.65 bits per heavy atom. The van der Waals surface area contributed by atoms with E-state index < -0.39 is 0 Å². The fourth-order valence-electron chi connectivity index (χ4n) is 2.60. The lowest BCUT2D eigenvalue weighted by molar-refractivity contribution is 0.664. The first-order chi connectivity index (χ1) is 8.02. The van der Waals surface area contributed by atoms with Crippen LogP contribution in [0.1, 0.15) is 30.2 Å². The molecule has 2 nitrogen and oxygen atoms in total. The lowest BCUT2D eigenvalue weighted by atomic mass is 10.0. The minimum atomic E-state index is 0.273. The molecule has 92 valence electrons. The molecule has 1 aromatic heterocycles. The van der Waals surface area contributed by atoms with E-state index in [-0.39, 0.29) is 6.04 Å². The molecule has 0 aliphatic rings. The first-order valence-corrected chi connectivity index (χ1v) is 6.31. The lowest BCUT2D eigenvalue weighted by Gasteiger charge is -2.05. The van der Waals surface area contributed by atoms with Gasteiger partial charge in [-0.3, -0.25) is 0 Å². The summed E-state index contributed by atoms with van der Waals surface area (Å²) in [5.74, 6) is 0. The molecule has 0 radical (unpaired) electrons. The summed E-state index contributed by atoms with van der Waals surface area (Å²) in [6.07, 6.45) is 2.12. The highest BCUT2D eigenvalue weighted by Crippen LogP contribution is 2.28. The van der Waals surface area contributed by atoms with Gasteiger partial charge in [-0.1, -0.05) is 18.2 Å². The molecular formula is C15H22N2. The fourth-order valence-corrected chi connectivity index (χ4v) is 2.60. The average molecular weight is 230 g/mol. The van der Waals surface area contributed by atoms with Gasteiger partial charge >= 0.3 is 0 Å². The molecule has 0 fully saturated rings. The van der Waals surface area contributed by atoms with Crippen LogP contribution in [-0.4, -0.2) is 10.6 Å². The summed E-state index contributed by atoms with van der Waals surface area (Å²) < 4.78 is 2.31. The second-order valence-electron chi connectivity index (χ2n) is 5.11. The number of aryl methyl sites for hydroxylation is 3. The molecule has 2 heteroatoms. The van der Waals surface area contributed by atoms with E-state index >= 15 is 0 Å². The van der Waals surface area contributed by atoms with E-state index in [9.17, 15) is 0 Å². The number of nitrogens with zero attached hydrogens (tertiary/aromatic N) is 1. The zero-order chi connectivity index (χ0) is 12.6. The van der Waals surface area contributed by atoms with Crippen molar-refractivity contribution in [2.45, 2.75) is 39.7 Å². The third-order valence-electron chi connectivity index (χ3n) is 3.69. The Bertz CT molecular complexity index is 535. The van der Waals surface area contributed by atoms with Gasteiger partial charge in [0.1, 0.15) is 0 Å². The van der Waals surface area contributed by atoms with Gasteiger partial charge in [0, 0.05) is 24.2 Å². The zero-order valence-corrected chi connectivity index (χ0v) is 11.2. The van der Waals surface area contributed by atoms with Gasteiger partial charge in [-0.15, -0.1) is 0 Å². The number of hydrogen-bond donors (Lipinski definition) is 1. The van der Waals surface area contributed by atoms with Crippen molar-refractivity contribution in [3.05, 3.63) is 35.0 Å². The van der Waals surface area contributed by atoms with Crippen molar-refractivity contribution in [3.8, 4) is 0 Å². The second kappa shape index (κ2) is 4.53. The normalized spacial score (nSPS) is 13.2. The van der Waals surface area contributed by atoms with E-state index in [1.54, 1.807) is 0 Å². The summed E-state index contributed by atoms with van der Waals surface area (Å²) in [5.41, 5.74) is 11.4. The van der Waals surface area contributed by atoms with Gasteiger partial charge in [0.2, 0.25) is 0 Å². The molecular weight excluding hydrogens is 208 g/mol. The maximum atomic E-state index is 5.86. The summed E-state index contributed by atoms with van der Waals surface area (Å²) in [5, 5.41) is 1.39. The molecule has 1 heterocycles. The minimum absolute atomic E-state index is 0.273. The summed E-state index contributed by atoms with van der Waals surface area (Å²) in [6.45, 7) is 6.46. The molecule has 2 rings (SSSR count). The number of nitrogens with two attached hydrogens (primary N) is 1. The number of benzene rings is 1. The van der Waals surface area contributed by atoms with E-state index in [1.807, 2.05) is 0 Å². The van der Waals surface area contributed by atoms with Crippen LogP contribution in [0.15, 0.2) is 18.2 Å². The topological polar surface area (TPSA) is 30.9 Å². The Balaban J connectivity index is 2.55. The van der Waals surface area contributed by atoms with Crippen LogP contribution >= 0.6 is 0 Å². The highest BCUT2D eigenvalue weighted by atomic mass is 14.9. The average Bonchev–Trinajstić information content (AvgIpc) is 2.51. The molecule has 0 bridgehead atoms. The Labute approximate surface area is 103 Å². The van der Waals surface area contributed by atoms with Gasteiger partial charge < -0.3 is 10.3 Å². The number of fused-ring (bicyclic) bond motifs is 1. The van der Waals surface area contributed by atoms with E-state index in [0.29, 0.717) is 0 Å². The van der Waals surface area contributed by atoms with Crippen molar-refractivity contribution < 1.29 is 0 Å². The predicted molar refractivity (Wildman–Crippen MR) is 74.4 cm³/mol. The van der Waals surface area contributed by atoms with Gasteiger partial charge in [0.15, 0.2) is 0 Å². The van der Waals surface area contributed by atoms with E-state index in [4.69, 9.17) is 5.73 Å². The summed E-state index contributed by atoms with van der Waals surface area (Å²) in [4.78, 5) is 0. The number of rotatable bonds is 3. The van der Waals surface area contributed by atoms with Crippen molar-refractivity contribution in [1.82, 2.24) is 4.57 Å². The minimum Gasteiger partial charge on any atom is -0.347 e. The molecule has 0 aliphatic carbocycles. The molecule has 1 atom stereocenters. The first kappa shape index (κ1) is 12.2. The van der Waals surface area contributed by atoms with Crippen LogP contribution in [0, 0.1) is 13.8 Å². The molecule has 0 saturated heterocycles. The van der Waals surface area contributed by atoms with Crippen LogP contribution in [0.3, 0.4) is 0 Å². The van der Waals surface area contributed by atoms with Crippen LogP contribution in [0.25, 0.3) is 10.9 Å². The maximum absolute atomic E-state index is 5.86. The van der Waals surface area contributed by atoms with Crippen molar-refractivity contribution >= 4 is 10.9 Å². The summed E-state index contributed by atoms with van der Waals surface area (Å²) in [7, 11) is 2.15. The molecule has 0 amide bonds. The van der Waals surface area contributed by atoms with E-state index in [0.717, 1.165) is 12.8 Å². The van der Waals surface area contributed by atoms with Gasteiger partial charge in [0.25, 0.3) is 0 Å². The number of aromatic nitrogens is 1. The van der Waals surface area contributed by atoms with E-state index in [2.05, 4.69) is 50.6 Å². The Morgan fingerprint density at radius 1 is 1.29 bits per heavy atom. The van der Waals surface area contributed by atoms with Crippen molar-refractivity contribution in [1.29, 1.82) is 0 Å². The van der Waals surface area contributed by atoms with Gasteiger partial charge in [0.05, 0.1) is 5.52 Å². The monoisotopic (exact) mass is 230 g/mol. The second-order valence-corrected chi connectivity index (χ2v) is 5.11. The smallest absolute Gasteiger partial charge is 0.0512 e. The van der Waals surface area contributed by atoms with E-state index in [1.165, 1.54) is 27.7 Å². The fraction of sp³-hybridized carbons (Fsp3) is 0.467. The highest BCUT2D eigenvalue weighted by molar-refractivity contribution is 5.88. The molecule has 1 aromatic carbocycles. The predicted octanol–water partition coefficient (Wildman–Crippen LogP) is 3.07. The standard InChI is InChI=1S/C15H22N2/c1-10-6-5-7-14-13(9-8-11(2)16)12(3)17(4)15(10)14/h5-7,11H,8-9,16H2,1-4H3. The van der Waals surface area contributed by atoms with Crippen LogP contribution in [0.2, 0.25) is 0 Å². The van der Waals surface area contributed by atoms with Gasteiger partial charge in [-0.2, -0.15) is 0 Å². The molecule has 1 unspecified atom stereocenters. The maximum Gasteiger partial charge on any atom is 0.0512 e. The van der Waals surface area contributed by atoms with Crippen molar-refractivity contribution in [2.24, 2.45) is 12.8 Å². The van der Waals surface area contributed by atoms with Gasteiger partial charge in [-0.05, 0) is 44.7 Å². The first-order valence-electron chi connectivity index (χ1n) is 6.31. The summed E-state index contributed by atoms with van der Waals surface area (Å²) >= 11 is 0. The van der Waals surface area contributed by atoms with Crippen LogP contribution in [0.4, 0.5) is 0 Å². The van der Waals surface area contributed by atoms with Crippen LogP contribution in [0.5, 0.6) is 0 Å². The molecule has 0 spiro atoms. The largest absolute Gasteiger partial charge is 0.347 e. The number of hydrogen-bond acceptors (Lipinski definition) is 1. The third-order valence-corrected chi connectivity index (χ3v) is 3.69. The summed E-state index contributed by atoms with van der Waals surface area (Å²) in [6, 6.07) is 6.82. The Morgan fingerprint density at radius 2 is 2.00 bits per heavy atom. The zero-order valence-electron chi connectivity index (χ0n) is 11.2. The molecule has 17 heavy (non-hydrogen) atoms. The Kier molecular flexibility index (Phi) is 3.25. The van der Waals surface area contributed by atoms with Crippen LogP contribution < -0.4 is 5.73 Å². The lowest BCUT2D eigenvalue weighted by Crippen LogP contribution is -2.15. The van der Waals surface area contributed by atoms with Crippen molar-refractivity contribution in [2.75, 3.05) is 0 Å². The quantitative estimate of drug-likeness (QED) is 0.863. The van der Waals surface area contributed by atoms with Crippen molar-refractivity contribution in [3.63, 3.8) is 0 Å².